The zero-order chi connectivity index (χ0) is 12.6. The van der Waals surface area contributed by atoms with Crippen LogP contribution in [0.2, 0.25) is 0 Å². The van der Waals surface area contributed by atoms with Crippen LogP contribution in [-0.2, 0) is 0 Å². The van der Waals surface area contributed by atoms with E-state index in [0.717, 1.165) is 11.1 Å². The Morgan fingerprint density at radius 2 is 2.11 bits per heavy atom. The van der Waals surface area contributed by atoms with Crippen LogP contribution in [0, 0.1) is 11.8 Å². The minimum absolute atomic E-state index is 0.220. The second-order valence-corrected chi connectivity index (χ2v) is 4.43. The molecule has 1 heterocycles. The Hall–Kier alpha value is -2.21. The highest BCUT2D eigenvalue weighted by molar-refractivity contribution is 7.08. The summed E-state index contributed by atoms with van der Waals surface area (Å²) < 4.78 is 0. The Balaban J connectivity index is 2.10. The molecular weight excluding hydrogens is 242 g/mol. The van der Waals surface area contributed by atoms with Crippen molar-refractivity contribution in [3.05, 3.63) is 68.7 Å². The van der Waals surface area contributed by atoms with Gasteiger partial charge in [0.1, 0.15) is 0 Å². The van der Waals surface area contributed by atoms with Crippen molar-refractivity contribution in [1.29, 1.82) is 0 Å². The van der Waals surface area contributed by atoms with Gasteiger partial charge in [-0.3, -0.25) is 0 Å². The molecule has 0 spiro atoms. The van der Waals surface area contributed by atoms with E-state index in [1.54, 1.807) is 11.3 Å². The van der Waals surface area contributed by atoms with Crippen LogP contribution >= 0.6 is 11.3 Å². The van der Waals surface area contributed by atoms with E-state index in [9.17, 15) is 0 Å². The summed E-state index contributed by atoms with van der Waals surface area (Å²) in [5, 5.41) is 7.78. The first-order valence-electron chi connectivity index (χ1n) is 5.50. The van der Waals surface area contributed by atoms with E-state index in [2.05, 4.69) is 21.9 Å². The largest absolute Gasteiger partial charge is 0.151 e. The highest BCUT2D eigenvalue weighted by atomic mass is 32.1. The van der Waals surface area contributed by atoms with Crippen molar-refractivity contribution >= 4 is 11.3 Å². The zero-order valence-corrected chi connectivity index (χ0v) is 10.5. The molecule has 2 rings (SSSR count). The fourth-order valence-corrected chi connectivity index (χ4v) is 2.14. The number of azide groups is 1. The van der Waals surface area contributed by atoms with E-state index in [-0.39, 0.29) is 6.04 Å². The van der Waals surface area contributed by atoms with Crippen LogP contribution in [0.3, 0.4) is 0 Å². The molecule has 2 aromatic rings. The molecule has 3 nitrogen and oxygen atoms in total. The standard InChI is InChI=1S/C14H11N3S/c15-17-16-14(13-6-2-1-3-7-13)8-4-5-12-9-10-18-11-12/h1-3,6-7,9-11,14H,8H2. The first-order chi connectivity index (χ1) is 8.90. The van der Waals surface area contributed by atoms with Gasteiger partial charge in [-0.25, -0.2) is 0 Å². The molecule has 0 saturated heterocycles. The summed E-state index contributed by atoms with van der Waals surface area (Å²) in [4.78, 5) is 2.89. The maximum absolute atomic E-state index is 8.59. The summed E-state index contributed by atoms with van der Waals surface area (Å²) in [6.45, 7) is 0. The Labute approximate surface area is 110 Å². The predicted molar refractivity (Wildman–Crippen MR) is 74.1 cm³/mol. The van der Waals surface area contributed by atoms with E-state index < -0.39 is 0 Å². The van der Waals surface area contributed by atoms with Crippen molar-refractivity contribution < 1.29 is 0 Å². The minimum atomic E-state index is -0.220. The molecule has 0 amide bonds. The molecule has 0 fully saturated rings. The topological polar surface area (TPSA) is 48.8 Å². The molecule has 0 saturated carbocycles. The third-order valence-electron chi connectivity index (χ3n) is 2.42. The molecule has 18 heavy (non-hydrogen) atoms. The SMILES string of the molecule is [N-]=[N+]=NC(CC#Cc1ccsc1)c1ccccc1. The van der Waals surface area contributed by atoms with E-state index in [1.807, 2.05) is 47.2 Å². The van der Waals surface area contributed by atoms with Crippen molar-refractivity contribution in [2.75, 3.05) is 0 Å². The van der Waals surface area contributed by atoms with Crippen LogP contribution in [0.4, 0.5) is 0 Å². The van der Waals surface area contributed by atoms with Crippen LogP contribution in [0.1, 0.15) is 23.6 Å². The van der Waals surface area contributed by atoms with E-state index in [1.165, 1.54) is 0 Å². The molecule has 1 aromatic carbocycles. The lowest BCUT2D eigenvalue weighted by Gasteiger charge is -2.06. The molecule has 0 aliphatic heterocycles. The Morgan fingerprint density at radius 1 is 1.28 bits per heavy atom. The van der Waals surface area contributed by atoms with Crippen LogP contribution in [0.25, 0.3) is 10.4 Å². The fraction of sp³-hybridized carbons (Fsp3) is 0.143. The molecule has 88 valence electrons. The molecule has 1 aromatic heterocycles. The first-order valence-corrected chi connectivity index (χ1v) is 6.44. The molecule has 0 radical (unpaired) electrons. The lowest BCUT2D eigenvalue weighted by atomic mass is 10.1. The Kier molecular flexibility index (Phi) is 4.43. The summed E-state index contributed by atoms with van der Waals surface area (Å²) in [5.41, 5.74) is 10.6. The highest BCUT2D eigenvalue weighted by Gasteiger charge is 2.06. The predicted octanol–water partition coefficient (Wildman–Crippen LogP) is 4.54. The molecule has 0 aliphatic rings. The van der Waals surface area contributed by atoms with Gasteiger partial charge in [-0.15, -0.1) is 0 Å². The summed E-state index contributed by atoms with van der Waals surface area (Å²) in [6, 6.07) is 11.5. The second-order valence-electron chi connectivity index (χ2n) is 3.65. The van der Waals surface area contributed by atoms with Crippen LogP contribution in [-0.4, -0.2) is 0 Å². The number of thiophene rings is 1. The van der Waals surface area contributed by atoms with Crippen LogP contribution < -0.4 is 0 Å². The van der Waals surface area contributed by atoms with Gasteiger partial charge in [-0.2, -0.15) is 11.3 Å². The third-order valence-corrected chi connectivity index (χ3v) is 3.11. The van der Waals surface area contributed by atoms with Crippen LogP contribution in [0.5, 0.6) is 0 Å². The number of rotatable bonds is 3. The smallest absolute Gasteiger partial charge is 0.0734 e. The monoisotopic (exact) mass is 253 g/mol. The molecular formula is C14H11N3S. The minimum Gasteiger partial charge on any atom is -0.151 e. The third kappa shape index (κ3) is 3.39. The van der Waals surface area contributed by atoms with Gasteiger partial charge in [0.2, 0.25) is 0 Å². The molecule has 0 aliphatic carbocycles. The second kappa shape index (κ2) is 6.51. The van der Waals surface area contributed by atoms with E-state index in [0.29, 0.717) is 6.42 Å². The molecule has 1 atom stereocenters. The van der Waals surface area contributed by atoms with Crippen molar-refractivity contribution in [3.63, 3.8) is 0 Å². The Morgan fingerprint density at radius 3 is 2.78 bits per heavy atom. The molecule has 0 bridgehead atoms. The first kappa shape index (κ1) is 12.3. The van der Waals surface area contributed by atoms with Gasteiger partial charge in [0.05, 0.1) is 6.04 Å². The van der Waals surface area contributed by atoms with Gasteiger partial charge in [0.25, 0.3) is 0 Å². The van der Waals surface area contributed by atoms with Crippen molar-refractivity contribution in [2.24, 2.45) is 5.11 Å². The van der Waals surface area contributed by atoms with E-state index >= 15 is 0 Å². The van der Waals surface area contributed by atoms with Gasteiger partial charge < -0.3 is 0 Å². The lowest BCUT2D eigenvalue weighted by Crippen LogP contribution is -1.92. The summed E-state index contributed by atoms with van der Waals surface area (Å²) >= 11 is 1.62. The highest BCUT2D eigenvalue weighted by Crippen LogP contribution is 2.20. The summed E-state index contributed by atoms with van der Waals surface area (Å²) in [6.07, 6.45) is 0.532. The zero-order valence-electron chi connectivity index (χ0n) is 9.65. The van der Waals surface area contributed by atoms with Crippen molar-refractivity contribution in [3.8, 4) is 11.8 Å². The van der Waals surface area contributed by atoms with Gasteiger partial charge in [0, 0.05) is 22.3 Å². The maximum Gasteiger partial charge on any atom is 0.0734 e. The Bertz CT molecular complexity index is 587. The summed E-state index contributed by atoms with van der Waals surface area (Å²) in [5.74, 6) is 6.12. The van der Waals surface area contributed by atoms with Crippen LogP contribution in [0.15, 0.2) is 52.3 Å². The molecule has 1 unspecified atom stereocenters. The maximum atomic E-state index is 8.59. The van der Waals surface area contributed by atoms with Gasteiger partial charge in [-0.1, -0.05) is 47.3 Å². The van der Waals surface area contributed by atoms with E-state index in [4.69, 9.17) is 5.53 Å². The van der Waals surface area contributed by atoms with Crippen molar-refractivity contribution in [1.82, 2.24) is 0 Å². The average molecular weight is 253 g/mol. The number of nitrogens with zero attached hydrogens (tertiary/aromatic N) is 3. The van der Waals surface area contributed by atoms with Gasteiger partial charge in [0.15, 0.2) is 0 Å². The average Bonchev–Trinajstić information content (AvgIpc) is 2.92. The quantitative estimate of drug-likeness (QED) is 0.334. The number of hydrogen-bond donors (Lipinski definition) is 0. The van der Waals surface area contributed by atoms with Crippen molar-refractivity contribution in [2.45, 2.75) is 12.5 Å². The normalized spacial score (nSPS) is 10.9. The molecule has 4 heteroatoms. The molecule has 0 N–H and O–H groups in total. The lowest BCUT2D eigenvalue weighted by molar-refractivity contribution is 0.746. The fourth-order valence-electron chi connectivity index (χ4n) is 1.55. The number of hydrogen-bond acceptors (Lipinski definition) is 2. The van der Waals surface area contributed by atoms with Gasteiger partial charge >= 0.3 is 0 Å². The number of benzene rings is 1. The summed E-state index contributed by atoms with van der Waals surface area (Å²) in [7, 11) is 0. The van der Waals surface area contributed by atoms with Gasteiger partial charge in [-0.05, 0) is 22.5 Å².